The molecule has 0 aliphatic heterocycles. The molecule has 1 atom stereocenters. The Kier molecular flexibility index (Phi) is 10.4. The molecular formula is C25H33ClN2O3. The molecule has 2 rings (SSSR count). The number of carbonyl (C=O) groups excluding carboxylic acids is 2. The van der Waals surface area contributed by atoms with Crippen LogP contribution in [0.4, 0.5) is 0 Å². The minimum atomic E-state index is -0.557. The van der Waals surface area contributed by atoms with Gasteiger partial charge in [0, 0.05) is 24.5 Å². The number of aryl methyl sites for hydroxylation is 1. The minimum Gasteiger partial charge on any atom is -0.494 e. The normalized spacial score (nSPS) is 11.6. The lowest BCUT2D eigenvalue weighted by Gasteiger charge is -2.29. The van der Waals surface area contributed by atoms with E-state index in [-0.39, 0.29) is 11.8 Å². The van der Waals surface area contributed by atoms with Crippen molar-refractivity contribution in [3.05, 3.63) is 64.7 Å². The summed E-state index contributed by atoms with van der Waals surface area (Å²) in [5, 5.41) is 3.57. The van der Waals surface area contributed by atoms with Gasteiger partial charge >= 0.3 is 0 Å². The van der Waals surface area contributed by atoms with Crippen LogP contribution in [0.15, 0.2) is 48.5 Å². The van der Waals surface area contributed by atoms with Crippen molar-refractivity contribution in [1.29, 1.82) is 0 Å². The van der Waals surface area contributed by atoms with E-state index in [1.165, 1.54) is 5.56 Å². The van der Waals surface area contributed by atoms with E-state index in [0.29, 0.717) is 37.6 Å². The van der Waals surface area contributed by atoms with Gasteiger partial charge in [0.15, 0.2) is 0 Å². The molecule has 6 heteroatoms. The Labute approximate surface area is 190 Å². The molecule has 2 aromatic carbocycles. The quantitative estimate of drug-likeness (QED) is 0.461. The first-order valence-corrected chi connectivity index (χ1v) is 11.3. The fraction of sp³-hybridized carbons (Fsp3) is 0.440. The summed E-state index contributed by atoms with van der Waals surface area (Å²) >= 11 is 5.98. The summed E-state index contributed by atoms with van der Waals surface area (Å²) in [6.45, 7) is 7.30. The van der Waals surface area contributed by atoms with Gasteiger partial charge < -0.3 is 15.0 Å². The summed E-state index contributed by atoms with van der Waals surface area (Å²) in [6, 6.07) is 14.6. The predicted molar refractivity (Wildman–Crippen MR) is 125 cm³/mol. The number of benzene rings is 2. The molecule has 31 heavy (non-hydrogen) atoms. The number of amides is 2. The lowest BCUT2D eigenvalue weighted by Crippen LogP contribution is -2.47. The highest BCUT2D eigenvalue weighted by atomic mass is 35.5. The summed E-state index contributed by atoms with van der Waals surface area (Å²) in [6.07, 6.45) is 2.81. The highest BCUT2D eigenvalue weighted by Gasteiger charge is 2.25. The van der Waals surface area contributed by atoms with E-state index >= 15 is 0 Å². The van der Waals surface area contributed by atoms with Crippen molar-refractivity contribution in [2.45, 2.75) is 59.0 Å². The summed E-state index contributed by atoms with van der Waals surface area (Å²) in [5.41, 5.74) is 2.11. The van der Waals surface area contributed by atoms with Crippen LogP contribution >= 0.6 is 11.6 Å². The van der Waals surface area contributed by atoms with E-state index in [2.05, 4.69) is 12.2 Å². The number of rotatable bonds is 12. The maximum Gasteiger partial charge on any atom is 0.242 e. The van der Waals surface area contributed by atoms with Crippen LogP contribution in [-0.4, -0.2) is 35.9 Å². The lowest BCUT2D eigenvalue weighted by molar-refractivity contribution is -0.140. The van der Waals surface area contributed by atoms with Crippen LogP contribution < -0.4 is 10.1 Å². The summed E-state index contributed by atoms with van der Waals surface area (Å²) in [7, 11) is 0. The zero-order chi connectivity index (χ0) is 22.6. The van der Waals surface area contributed by atoms with Crippen LogP contribution in [-0.2, 0) is 16.1 Å². The maximum atomic E-state index is 13.0. The Morgan fingerprint density at radius 3 is 2.39 bits per heavy atom. The molecule has 0 unspecified atom stereocenters. The van der Waals surface area contributed by atoms with Crippen molar-refractivity contribution < 1.29 is 14.3 Å². The Balaban J connectivity index is 1.96. The van der Waals surface area contributed by atoms with E-state index in [4.69, 9.17) is 16.3 Å². The molecule has 0 bridgehead atoms. The van der Waals surface area contributed by atoms with E-state index in [1.54, 1.807) is 24.0 Å². The molecule has 0 aliphatic carbocycles. The van der Waals surface area contributed by atoms with Gasteiger partial charge in [-0.2, -0.15) is 0 Å². The zero-order valence-corrected chi connectivity index (χ0v) is 19.5. The van der Waals surface area contributed by atoms with Crippen molar-refractivity contribution in [2.24, 2.45) is 0 Å². The van der Waals surface area contributed by atoms with Crippen LogP contribution in [0.2, 0.25) is 5.02 Å². The van der Waals surface area contributed by atoms with Gasteiger partial charge in [0.2, 0.25) is 11.8 Å². The molecule has 2 aromatic rings. The average Bonchev–Trinajstić information content (AvgIpc) is 2.77. The number of ether oxygens (including phenoxy) is 1. The van der Waals surface area contributed by atoms with Gasteiger partial charge in [-0.1, -0.05) is 54.8 Å². The molecule has 0 radical (unpaired) electrons. The fourth-order valence-corrected chi connectivity index (χ4v) is 3.22. The first-order valence-electron chi connectivity index (χ1n) is 10.9. The van der Waals surface area contributed by atoms with Gasteiger partial charge in [-0.15, -0.1) is 0 Å². The SMILES string of the molecule is CCCCNC(=O)[C@@H](C)N(Cc1ccc(Cl)cc1)C(=O)CCCOc1ccc(C)cc1. The Morgan fingerprint density at radius 1 is 1.06 bits per heavy atom. The largest absolute Gasteiger partial charge is 0.494 e. The van der Waals surface area contributed by atoms with Crippen molar-refractivity contribution in [3.8, 4) is 5.75 Å². The van der Waals surface area contributed by atoms with Crippen molar-refractivity contribution in [2.75, 3.05) is 13.2 Å². The molecule has 168 valence electrons. The number of carbonyl (C=O) groups is 2. The second kappa shape index (κ2) is 13.0. The summed E-state index contributed by atoms with van der Waals surface area (Å²) < 4.78 is 5.73. The molecule has 0 saturated heterocycles. The smallest absolute Gasteiger partial charge is 0.242 e. The van der Waals surface area contributed by atoms with Crippen molar-refractivity contribution in [3.63, 3.8) is 0 Å². The third kappa shape index (κ3) is 8.62. The van der Waals surface area contributed by atoms with Gasteiger partial charge in [-0.05, 0) is 56.5 Å². The van der Waals surface area contributed by atoms with Crippen LogP contribution in [0.5, 0.6) is 5.75 Å². The topological polar surface area (TPSA) is 58.6 Å². The standard InChI is InChI=1S/C25H33ClN2O3/c1-4-5-16-27-25(30)20(3)28(18-21-10-12-22(26)13-11-21)24(29)7-6-17-31-23-14-8-19(2)9-15-23/h8-15,20H,4-7,16-18H2,1-3H3,(H,27,30)/t20-/m1/s1. The van der Waals surface area contributed by atoms with Crippen LogP contribution in [0.25, 0.3) is 0 Å². The first-order chi connectivity index (χ1) is 14.9. The highest BCUT2D eigenvalue weighted by molar-refractivity contribution is 6.30. The minimum absolute atomic E-state index is 0.0689. The first kappa shape index (κ1) is 24.7. The van der Waals surface area contributed by atoms with Crippen molar-refractivity contribution >= 4 is 23.4 Å². The molecule has 0 saturated carbocycles. The highest BCUT2D eigenvalue weighted by Crippen LogP contribution is 2.16. The predicted octanol–water partition coefficient (Wildman–Crippen LogP) is 5.14. The van der Waals surface area contributed by atoms with E-state index in [0.717, 1.165) is 24.2 Å². The Bertz CT molecular complexity index is 822. The molecule has 0 aromatic heterocycles. The van der Waals surface area contributed by atoms with Crippen molar-refractivity contribution in [1.82, 2.24) is 10.2 Å². The van der Waals surface area contributed by atoms with E-state index < -0.39 is 6.04 Å². The molecule has 0 fully saturated rings. The van der Waals surface area contributed by atoms with E-state index in [9.17, 15) is 9.59 Å². The Hall–Kier alpha value is -2.53. The third-order valence-corrected chi connectivity index (χ3v) is 5.34. The number of nitrogens with zero attached hydrogens (tertiary/aromatic N) is 1. The molecule has 1 N–H and O–H groups in total. The number of unbranched alkanes of at least 4 members (excludes halogenated alkanes) is 1. The monoisotopic (exact) mass is 444 g/mol. The second-order valence-electron chi connectivity index (χ2n) is 7.73. The maximum absolute atomic E-state index is 13.0. The van der Waals surface area contributed by atoms with Gasteiger partial charge in [0.1, 0.15) is 11.8 Å². The number of halogens is 1. The summed E-state index contributed by atoms with van der Waals surface area (Å²) in [5.74, 6) is 0.590. The number of hydrogen-bond acceptors (Lipinski definition) is 3. The molecule has 0 aliphatic rings. The fourth-order valence-electron chi connectivity index (χ4n) is 3.10. The van der Waals surface area contributed by atoms with Gasteiger partial charge in [0.05, 0.1) is 6.61 Å². The van der Waals surface area contributed by atoms with Gasteiger partial charge in [-0.3, -0.25) is 9.59 Å². The van der Waals surface area contributed by atoms with Crippen LogP contribution in [0.1, 0.15) is 50.7 Å². The Morgan fingerprint density at radius 2 is 1.74 bits per heavy atom. The molecule has 0 heterocycles. The zero-order valence-electron chi connectivity index (χ0n) is 18.7. The lowest BCUT2D eigenvalue weighted by atomic mass is 10.1. The average molecular weight is 445 g/mol. The number of nitrogens with one attached hydrogen (secondary N) is 1. The number of hydrogen-bond donors (Lipinski definition) is 1. The second-order valence-corrected chi connectivity index (χ2v) is 8.17. The molecular weight excluding hydrogens is 412 g/mol. The molecule has 2 amide bonds. The van der Waals surface area contributed by atoms with Gasteiger partial charge in [0.25, 0.3) is 0 Å². The molecule has 0 spiro atoms. The third-order valence-electron chi connectivity index (χ3n) is 5.09. The van der Waals surface area contributed by atoms with Gasteiger partial charge in [-0.25, -0.2) is 0 Å². The molecule has 5 nitrogen and oxygen atoms in total. The van der Waals surface area contributed by atoms with Crippen LogP contribution in [0, 0.1) is 6.92 Å². The van der Waals surface area contributed by atoms with Crippen LogP contribution in [0.3, 0.4) is 0 Å². The van der Waals surface area contributed by atoms with E-state index in [1.807, 2.05) is 43.3 Å². The summed E-state index contributed by atoms with van der Waals surface area (Å²) in [4.78, 5) is 27.2.